The second-order valence-corrected chi connectivity index (χ2v) is 4.68. The fraction of sp³-hybridized carbons (Fsp3) is 0.467. The molecule has 0 aliphatic heterocycles. The van der Waals surface area contributed by atoms with Gasteiger partial charge < -0.3 is 14.5 Å². The summed E-state index contributed by atoms with van der Waals surface area (Å²) in [5.74, 6) is 0.381. The average Bonchev–Trinajstić information content (AvgIpc) is 2.84. The molecular formula is C15H20FNO2. The van der Waals surface area contributed by atoms with Crippen LogP contribution in [0.2, 0.25) is 0 Å². The van der Waals surface area contributed by atoms with Crippen molar-refractivity contribution in [3.05, 3.63) is 35.8 Å². The van der Waals surface area contributed by atoms with Crippen molar-refractivity contribution in [3.8, 4) is 0 Å². The number of hydrogen-bond acceptors (Lipinski definition) is 3. The number of nitrogens with one attached hydrogen (secondary N) is 1. The molecule has 0 aliphatic carbocycles. The molecule has 0 fully saturated rings. The minimum Gasteiger partial charge on any atom is -0.456 e. The largest absolute Gasteiger partial charge is 0.456 e. The summed E-state index contributed by atoms with van der Waals surface area (Å²) in [7, 11) is 1.66. The predicted molar refractivity (Wildman–Crippen MR) is 73.7 cm³/mol. The molecule has 0 amide bonds. The highest BCUT2D eigenvalue weighted by molar-refractivity contribution is 5.78. The van der Waals surface area contributed by atoms with Crippen LogP contribution in [0, 0.1) is 5.82 Å². The highest BCUT2D eigenvalue weighted by Crippen LogP contribution is 2.28. The van der Waals surface area contributed by atoms with E-state index in [1.807, 2.05) is 19.1 Å². The summed E-state index contributed by atoms with van der Waals surface area (Å²) in [6.45, 7) is 4.93. The van der Waals surface area contributed by atoms with Crippen molar-refractivity contribution in [1.82, 2.24) is 5.32 Å². The van der Waals surface area contributed by atoms with Gasteiger partial charge in [0.25, 0.3) is 0 Å². The Balaban J connectivity index is 2.35. The highest BCUT2D eigenvalue weighted by Gasteiger charge is 2.22. The van der Waals surface area contributed by atoms with E-state index in [2.05, 4.69) is 12.2 Å². The molecule has 0 saturated heterocycles. The maximum atomic E-state index is 13.7. The van der Waals surface area contributed by atoms with Crippen LogP contribution in [0.25, 0.3) is 11.0 Å². The zero-order valence-electron chi connectivity index (χ0n) is 11.6. The molecule has 0 spiro atoms. The van der Waals surface area contributed by atoms with Gasteiger partial charge in [-0.05, 0) is 32.0 Å². The molecule has 1 aromatic heterocycles. The summed E-state index contributed by atoms with van der Waals surface area (Å²) in [5.41, 5.74) is 0.309. The highest BCUT2D eigenvalue weighted by atomic mass is 19.1. The van der Waals surface area contributed by atoms with Gasteiger partial charge in [-0.15, -0.1) is 0 Å². The summed E-state index contributed by atoms with van der Waals surface area (Å²) in [5, 5.41) is 4.15. The normalized spacial score (nSPS) is 14.7. The first-order chi connectivity index (χ1) is 9.17. The second kappa shape index (κ2) is 6.17. The zero-order valence-corrected chi connectivity index (χ0v) is 11.6. The van der Waals surface area contributed by atoms with Crippen molar-refractivity contribution in [2.45, 2.75) is 32.4 Å². The molecule has 2 aromatic rings. The zero-order chi connectivity index (χ0) is 13.8. The third kappa shape index (κ3) is 2.96. The molecule has 1 heterocycles. The van der Waals surface area contributed by atoms with Crippen LogP contribution in [0.1, 0.15) is 32.1 Å². The van der Waals surface area contributed by atoms with E-state index in [4.69, 9.17) is 9.15 Å². The lowest BCUT2D eigenvalue weighted by molar-refractivity contribution is 0.0760. The van der Waals surface area contributed by atoms with Crippen molar-refractivity contribution in [2.24, 2.45) is 0 Å². The molecule has 0 saturated carbocycles. The molecular weight excluding hydrogens is 245 g/mol. The number of rotatable bonds is 6. The molecule has 3 nitrogen and oxygen atoms in total. The Hall–Kier alpha value is -1.39. The van der Waals surface area contributed by atoms with Crippen LogP contribution in [-0.2, 0) is 4.74 Å². The number of ether oxygens (including phenoxy) is 1. The van der Waals surface area contributed by atoms with Gasteiger partial charge in [-0.3, -0.25) is 0 Å². The van der Waals surface area contributed by atoms with Crippen molar-refractivity contribution >= 4 is 11.0 Å². The second-order valence-electron chi connectivity index (χ2n) is 4.68. The van der Waals surface area contributed by atoms with Crippen molar-refractivity contribution in [1.29, 1.82) is 0 Å². The van der Waals surface area contributed by atoms with E-state index in [-0.39, 0.29) is 18.0 Å². The lowest BCUT2D eigenvalue weighted by Gasteiger charge is -2.22. The van der Waals surface area contributed by atoms with Crippen LogP contribution in [0.4, 0.5) is 4.39 Å². The summed E-state index contributed by atoms with van der Waals surface area (Å²) >= 11 is 0. The molecule has 2 unspecified atom stereocenters. The van der Waals surface area contributed by atoms with Gasteiger partial charge in [0, 0.05) is 12.5 Å². The van der Waals surface area contributed by atoms with Gasteiger partial charge in [-0.1, -0.05) is 19.1 Å². The first-order valence-electron chi connectivity index (χ1n) is 6.61. The number of para-hydroxylation sites is 1. The van der Waals surface area contributed by atoms with E-state index in [1.165, 1.54) is 6.07 Å². The van der Waals surface area contributed by atoms with Gasteiger partial charge in [0.2, 0.25) is 0 Å². The van der Waals surface area contributed by atoms with Gasteiger partial charge in [0.1, 0.15) is 5.76 Å². The SMILES string of the molecule is CCCNC(c1cc2cccc(F)c2o1)C(C)OC. The number of halogens is 1. The minimum absolute atomic E-state index is 0.0461. The Morgan fingerprint density at radius 1 is 1.42 bits per heavy atom. The van der Waals surface area contributed by atoms with Crippen molar-refractivity contribution < 1.29 is 13.5 Å². The van der Waals surface area contributed by atoms with E-state index < -0.39 is 0 Å². The molecule has 0 bridgehead atoms. The first-order valence-corrected chi connectivity index (χ1v) is 6.61. The number of furan rings is 1. The smallest absolute Gasteiger partial charge is 0.169 e. The molecule has 19 heavy (non-hydrogen) atoms. The van der Waals surface area contributed by atoms with E-state index in [0.717, 1.165) is 18.4 Å². The summed E-state index contributed by atoms with van der Waals surface area (Å²) in [6.07, 6.45) is 0.969. The standard InChI is InChI=1S/C15H20FNO2/c1-4-8-17-14(10(2)18-3)13-9-11-6-5-7-12(16)15(11)19-13/h5-7,9-10,14,17H,4,8H2,1-3H3. The molecule has 2 rings (SSSR count). The van der Waals surface area contributed by atoms with E-state index in [0.29, 0.717) is 11.3 Å². The van der Waals surface area contributed by atoms with Gasteiger partial charge in [0.15, 0.2) is 11.4 Å². The van der Waals surface area contributed by atoms with Crippen LogP contribution >= 0.6 is 0 Å². The summed E-state index contributed by atoms with van der Waals surface area (Å²) in [4.78, 5) is 0. The Kier molecular flexibility index (Phi) is 4.56. The van der Waals surface area contributed by atoms with E-state index in [9.17, 15) is 4.39 Å². The lowest BCUT2D eigenvalue weighted by atomic mass is 10.1. The Labute approximate surface area is 112 Å². The molecule has 1 N–H and O–H groups in total. The Morgan fingerprint density at radius 3 is 2.84 bits per heavy atom. The van der Waals surface area contributed by atoms with E-state index >= 15 is 0 Å². The first kappa shape index (κ1) is 14.0. The minimum atomic E-state index is -0.330. The summed E-state index contributed by atoms with van der Waals surface area (Å²) < 4.78 is 24.7. The third-order valence-electron chi connectivity index (χ3n) is 3.28. The molecule has 1 aromatic carbocycles. The fourth-order valence-corrected chi connectivity index (χ4v) is 2.13. The maximum absolute atomic E-state index is 13.7. The molecule has 0 radical (unpaired) electrons. The average molecular weight is 265 g/mol. The van der Waals surface area contributed by atoms with Crippen LogP contribution in [0.15, 0.2) is 28.7 Å². The topological polar surface area (TPSA) is 34.4 Å². The number of fused-ring (bicyclic) bond motifs is 1. The van der Waals surface area contributed by atoms with E-state index in [1.54, 1.807) is 13.2 Å². The Bertz CT molecular complexity index is 538. The Morgan fingerprint density at radius 2 is 2.21 bits per heavy atom. The quantitative estimate of drug-likeness (QED) is 0.865. The third-order valence-corrected chi connectivity index (χ3v) is 3.28. The fourth-order valence-electron chi connectivity index (χ4n) is 2.13. The molecule has 104 valence electrons. The van der Waals surface area contributed by atoms with Gasteiger partial charge in [-0.25, -0.2) is 4.39 Å². The lowest BCUT2D eigenvalue weighted by Crippen LogP contribution is -2.31. The van der Waals surface area contributed by atoms with Gasteiger partial charge >= 0.3 is 0 Å². The van der Waals surface area contributed by atoms with Gasteiger partial charge in [0.05, 0.1) is 12.1 Å². The number of methoxy groups -OCH3 is 1. The monoisotopic (exact) mass is 265 g/mol. The maximum Gasteiger partial charge on any atom is 0.169 e. The molecule has 0 aliphatic rings. The van der Waals surface area contributed by atoms with Crippen LogP contribution in [-0.4, -0.2) is 19.8 Å². The van der Waals surface area contributed by atoms with Gasteiger partial charge in [-0.2, -0.15) is 0 Å². The number of benzene rings is 1. The van der Waals surface area contributed by atoms with Crippen LogP contribution < -0.4 is 5.32 Å². The van der Waals surface area contributed by atoms with Crippen molar-refractivity contribution in [3.63, 3.8) is 0 Å². The predicted octanol–water partition coefficient (Wildman–Crippen LogP) is 3.65. The number of hydrogen-bond donors (Lipinski definition) is 1. The molecule has 2 atom stereocenters. The summed E-state index contributed by atoms with van der Waals surface area (Å²) in [6, 6.07) is 6.74. The van der Waals surface area contributed by atoms with Crippen LogP contribution in [0.3, 0.4) is 0 Å². The molecule has 4 heteroatoms. The van der Waals surface area contributed by atoms with Crippen molar-refractivity contribution in [2.75, 3.05) is 13.7 Å². The van der Waals surface area contributed by atoms with Crippen LogP contribution in [0.5, 0.6) is 0 Å².